The van der Waals surface area contributed by atoms with E-state index in [2.05, 4.69) is 21.2 Å². The lowest BCUT2D eigenvalue weighted by atomic mass is 10.2. The molecule has 2 nitrogen and oxygen atoms in total. The molecule has 0 aliphatic carbocycles. The van der Waals surface area contributed by atoms with Gasteiger partial charge in [0, 0.05) is 20.2 Å². The van der Waals surface area contributed by atoms with Gasteiger partial charge < -0.3 is 5.32 Å². The van der Waals surface area contributed by atoms with E-state index in [1.165, 1.54) is 24.3 Å². The minimum Gasteiger partial charge on any atom is -0.322 e. The van der Waals surface area contributed by atoms with Gasteiger partial charge >= 0.3 is 0 Å². The summed E-state index contributed by atoms with van der Waals surface area (Å²) in [6, 6.07) is 8.80. The molecule has 2 rings (SSSR count). The minimum absolute atomic E-state index is 0.0562. The zero-order valence-electron chi connectivity index (χ0n) is 9.38. The molecule has 0 radical (unpaired) electrons. The standard InChI is InChI=1S/C13H7BrCl2FNO/c14-7-1-2-11(12(17)3-7)13(19)18-10-5-8(15)4-9(16)6-10/h1-6H,(H,18,19). The molecule has 0 aliphatic rings. The molecule has 6 heteroatoms. The van der Waals surface area contributed by atoms with Crippen LogP contribution in [0.15, 0.2) is 40.9 Å². The molecule has 1 N–H and O–H groups in total. The van der Waals surface area contributed by atoms with Gasteiger partial charge in [-0.25, -0.2) is 4.39 Å². The highest BCUT2D eigenvalue weighted by Gasteiger charge is 2.12. The maximum Gasteiger partial charge on any atom is 0.258 e. The van der Waals surface area contributed by atoms with Crippen molar-refractivity contribution < 1.29 is 9.18 Å². The van der Waals surface area contributed by atoms with Crippen molar-refractivity contribution in [1.82, 2.24) is 0 Å². The second-order valence-electron chi connectivity index (χ2n) is 3.74. The number of halogens is 4. The van der Waals surface area contributed by atoms with E-state index in [9.17, 15) is 9.18 Å². The molecule has 0 saturated carbocycles. The monoisotopic (exact) mass is 361 g/mol. The van der Waals surface area contributed by atoms with Crippen molar-refractivity contribution in [1.29, 1.82) is 0 Å². The highest BCUT2D eigenvalue weighted by Crippen LogP contribution is 2.23. The molecule has 0 heterocycles. The van der Waals surface area contributed by atoms with Crippen LogP contribution in [-0.4, -0.2) is 5.91 Å². The number of anilines is 1. The Bertz CT molecular complexity index is 628. The molecule has 0 saturated heterocycles. The first-order chi connectivity index (χ1) is 8.95. The van der Waals surface area contributed by atoms with Gasteiger partial charge in [0.05, 0.1) is 5.56 Å². The van der Waals surface area contributed by atoms with Crippen molar-refractivity contribution in [3.63, 3.8) is 0 Å². The second-order valence-corrected chi connectivity index (χ2v) is 5.52. The molecule has 0 fully saturated rings. The lowest BCUT2D eigenvalue weighted by Gasteiger charge is -2.07. The van der Waals surface area contributed by atoms with E-state index in [4.69, 9.17) is 23.2 Å². The minimum atomic E-state index is -0.611. The van der Waals surface area contributed by atoms with Crippen molar-refractivity contribution in [2.45, 2.75) is 0 Å². The summed E-state index contributed by atoms with van der Waals surface area (Å²) in [5.74, 6) is -1.18. The molecule has 0 spiro atoms. The third-order valence-electron chi connectivity index (χ3n) is 2.30. The van der Waals surface area contributed by atoms with Gasteiger partial charge in [-0.15, -0.1) is 0 Å². The van der Waals surface area contributed by atoms with Crippen LogP contribution in [0.2, 0.25) is 10.0 Å². The van der Waals surface area contributed by atoms with Gasteiger partial charge in [0.2, 0.25) is 0 Å². The van der Waals surface area contributed by atoms with Crippen LogP contribution in [0.5, 0.6) is 0 Å². The summed E-state index contributed by atoms with van der Waals surface area (Å²) in [7, 11) is 0. The van der Waals surface area contributed by atoms with E-state index < -0.39 is 11.7 Å². The van der Waals surface area contributed by atoms with Crippen LogP contribution < -0.4 is 5.32 Å². The van der Waals surface area contributed by atoms with Crippen molar-refractivity contribution in [2.24, 2.45) is 0 Å². The molecule has 0 bridgehead atoms. The molecule has 0 unspecified atom stereocenters. The van der Waals surface area contributed by atoms with Gasteiger partial charge in [0.1, 0.15) is 5.82 Å². The number of hydrogen-bond acceptors (Lipinski definition) is 1. The summed E-state index contributed by atoms with van der Waals surface area (Å²) in [5.41, 5.74) is 0.351. The first kappa shape index (κ1) is 14.3. The van der Waals surface area contributed by atoms with E-state index in [-0.39, 0.29) is 5.56 Å². The molecule has 98 valence electrons. The Morgan fingerprint density at radius 1 is 1.11 bits per heavy atom. The lowest BCUT2D eigenvalue weighted by molar-refractivity contribution is 0.102. The van der Waals surface area contributed by atoms with Gasteiger partial charge in [-0.05, 0) is 36.4 Å². The van der Waals surface area contributed by atoms with E-state index in [0.29, 0.717) is 20.2 Å². The van der Waals surface area contributed by atoms with Crippen LogP contribution in [0.25, 0.3) is 0 Å². The first-order valence-corrected chi connectivity index (χ1v) is 6.73. The fourth-order valence-corrected chi connectivity index (χ4v) is 2.36. The topological polar surface area (TPSA) is 29.1 Å². The van der Waals surface area contributed by atoms with Crippen LogP contribution in [0, 0.1) is 5.82 Å². The maximum atomic E-state index is 13.6. The number of rotatable bonds is 2. The summed E-state index contributed by atoms with van der Waals surface area (Å²) in [5, 5.41) is 3.31. The fraction of sp³-hybridized carbons (Fsp3) is 0. The summed E-state index contributed by atoms with van der Waals surface area (Å²) in [4.78, 5) is 11.9. The van der Waals surface area contributed by atoms with Crippen LogP contribution in [0.1, 0.15) is 10.4 Å². The number of carbonyl (C=O) groups is 1. The molecule has 0 aromatic heterocycles. The largest absolute Gasteiger partial charge is 0.322 e. The van der Waals surface area contributed by atoms with Gasteiger partial charge in [0.15, 0.2) is 0 Å². The average Bonchev–Trinajstić information content (AvgIpc) is 2.26. The van der Waals surface area contributed by atoms with Crippen molar-refractivity contribution in [2.75, 3.05) is 5.32 Å². The van der Waals surface area contributed by atoms with E-state index in [1.807, 2.05) is 0 Å². The second kappa shape index (κ2) is 5.90. The first-order valence-electron chi connectivity index (χ1n) is 5.18. The summed E-state index contributed by atoms with van der Waals surface area (Å²) in [6.07, 6.45) is 0. The Kier molecular flexibility index (Phi) is 4.45. The lowest BCUT2D eigenvalue weighted by Crippen LogP contribution is -2.13. The fourth-order valence-electron chi connectivity index (χ4n) is 1.50. The number of amides is 1. The van der Waals surface area contributed by atoms with Crippen LogP contribution in [0.4, 0.5) is 10.1 Å². The average molecular weight is 363 g/mol. The number of carbonyl (C=O) groups excluding carboxylic acids is 1. The third kappa shape index (κ3) is 3.69. The Morgan fingerprint density at radius 3 is 2.32 bits per heavy atom. The number of nitrogens with one attached hydrogen (secondary N) is 1. The Hall–Kier alpha value is -1.10. The van der Waals surface area contributed by atoms with E-state index in [0.717, 1.165) is 0 Å². The molecule has 0 atom stereocenters. The highest BCUT2D eigenvalue weighted by atomic mass is 79.9. The SMILES string of the molecule is O=C(Nc1cc(Cl)cc(Cl)c1)c1ccc(Br)cc1F. The predicted molar refractivity (Wildman–Crippen MR) is 78.5 cm³/mol. The molecular formula is C13H7BrCl2FNO. The predicted octanol–water partition coefficient (Wildman–Crippen LogP) is 5.15. The van der Waals surface area contributed by atoms with Crippen molar-refractivity contribution in [3.8, 4) is 0 Å². The van der Waals surface area contributed by atoms with E-state index >= 15 is 0 Å². The summed E-state index contributed by atoms with van der Waals surface area (Å²) in [6.45, 7) is 0. The molecule has 0 aliphatic heterocycles. The molecule has 2 aromatic carbocycles. The number of benzene rings is 2. The zero-order chi connectivity index (χ0) is 14.0. The van der Waals surface area contributed by atoms with Gasteiger partial charge in [-0.3, -0.25) is 4.79 Å². The molecule has 2 aromatic rings. The van der Waals surface area contributed by atoms with Crippen molar-refractivity contribution >= 4 is 50.7 Å². The molecule has 19 heavy (non-hydrogen) atoms. The normalized spacial score (nSPS) is 10.3. The van der Waals surface area contributed by atoms with Gasteiger partial charge in [0.25, 0.3) is 5.91 Å². The Morgan fingerprint density at radius 2 is 1.74 bits per heavy atom. The van der Waals surface area contributed by atoms with Gasteiger partial charge in [-0.1, -0.05) is 39.1 Å². The van der Waals surface area contributed by atoms with Crippen molar-refractivity contribution in [3.05, 3.63) is 62.3 Å². The van der Waals surface area contributed by atoms with Crippen LogP contribution in [0.3, 0.4) is 0 Å². The zero-order valence-corrected chi connectivity index (χ0v) is 12.5. The molecular weight excluding hydrogens is 356 g/mol. The highest BCUT2D eigenvalue weighted by molar-refractivity contribution is 9.10. The maximum absolute atomic E-state index is 13.6. The Labute approximate surface area is 127 Å². The quantitative estimate of drug-likeness (QED) is 0.786. The smallest absolute Gasteiger partial charge is 0.258 e. The van der Waals surface area contributed by atoms with Crippen LogP contribution >= 0.6 is 39.1 Å². The van der Waals surface area contributed by atoms with Crippen LogP contribution in [-0.2, 0) is 0 Å². The Balaban J connectivity index is 2.25. The summed E-state index contributed by atoms with van der Waals surface area (Å²) < 4.78 is 14.2. The summed E-state index contributed by atoms with van der Waals surface area (Å²) >= 11 is 14.8. The van der Waals surface area contributed by atoms with E-state index in [1.54, 1.807) is 12.1 Å². The third-order valence-corrected chi connectivity index (χ3v) is 3.23. The number of hydrogen-bond donors (Lipinski definition) is 1. The molecule has 1 amide bonds. The van der Waals surface area contributed by atoms with Gasteiger partial charge in [-0.2, -0.15) is 0 Å².